The minimum atomic E-state index is -0.776. The molecule has 0 aromatic heterocycles. The normalized spacial score (nSPS) is 22.1. The highest BCUT2D eigenvalue weighted by Gasteiger charge is 2.56. The molecule has 1 amide bonds. The molecule has 0 saturated carbocycles. The minimum absolute atomic E-state index is 0.0404. The largest absolute Gasteiger partial charge is 0.315 e. The fourth-order valence-corrected chi connectivity index (χ4v) is 5.10. The lowest BCUT2D eigenvalue weighted by atomic mass is 9.94. The van der Waals surface area contributed by atoms with E-state index in [2.05, 4.69) is 0 Å². The molecule has 0 bridgehead atoms. The van der Waals surface area contributed by atoms with Crippen molar-refractivity contribution in [2.24, 2.45) is 0 Å². The van der Waals surface area contributed by atoms with Crippen molar-refractivity contribution in [2.45, 2.75) is 11.8 Å². The Kier molecular flexibility index (Phi) is 2.99. The Morgan fingerprint density at radius 2 is 2.00 bits per heavy atom. The second kappa shape index (κ2) is 4.83. The van der Waals surface area contributed by atoms with Gasteiger partial charge < -0.3 is 4.90 Å². The highest BCUT2D eigenvalue weighted by molar-refractivity contribution is 8.00. The van der Waals surface area contributed by atoms with Crippen molar-refractivity contribution in [3.8, 4) is 0 Å². The molecular weight excluding hydrogens is 312 g/mol. The van der Waals surface area contributed by atoms with Gasteiger partial charge in [-0.1, -0.05) is 29.8 Å². The first-order valence-electron chi connectivity index (χ1n) is 7.36. The molecule has 2 aliphatic rings. The summed E-state index contributed by atoms with van der Waals surface area (Å²) in [6.45, 7) is 2.51. The van der Waals surface area contributed by atoms with E-state index in [0.717, 1.165) is 16.9 Å². The van der Waals surface area contributed by atoms with Crippen LogP contribution in [0.15, 0.2) is 42.5 Å². The lowest BCUT2D eigenvalue weighted by Crippen LogP contribution is -2.38. The van der Waals surface area contributed by atoms with Crippen LogP contribution in [0.4, 0.5) is 5.69 Å². The third kappa shape index (κ3) is 1.78. The number of rotatable bonds is 2. The van der Waals surface area contributed by atoms with E-state index in [1.807, 2.05) is 31.2 Å². The molecule has 2 aromatic carbocycles. The molecule has 2 heterocycles. The maximum absolute atomic E-state index is 12.8. The molecular formula is C17H14N2O3S. The fourth-order valence-electron chi connectivity index (χ4n) is 3.55. The van der Waals surface area contributed by atoms with Gasteiger partial charge in [-0.25, -0.2) is 0 Å². The number of carbonyl (C=O) groups excluding carboxylic acids is 1. The van der Waals surface area contributed by atoms with Crippen molar-refractivity contribution in [2.75, 3.05) is 12.3 Å². The quantitative estimate of drug-likeness (QED) is 0.627. The molecule has 0 spiro atoms. The summed E-state index contributed by atoms with van der Waals surface area (Å²) in [4.78, 5) is 25.0. The minimum Gasteiger partial charge on any atom is -0.315 e. The predicted molar refractivity (Wildman–Crippen MR) is 88.5 cm³/mol. The molecule has 0 aliphatic carbocycles. The van der Waals surface area contributed by atoms with Crippen molar-refractivity contribution in [3.63, 3.8) is 0 Å². The number of carbonyl (C=O) groups is 1. The van der Waals surface area contributed by atoms with Gasteiger partial charge in [0.05, 0.1) is 10.5 Å². The number of benzene rings is 2. The van der Waals surface area contributed by atoms with Crippen LogP contribution in [0, 0.1) is 17.0 Å². The fraction of sp³-hybridized carbons (Fsp3) is 0.235. The van der Waals surface area contributed by atoms with Crippen LogP contribution < -0.4 is 0 Å². The summed E-state index contributed by atoms with van der Waals surface area (Å²) in [6.07, 6.45) is 0. The number of hydrogen-bond acceptors (Lipinski definition) is 4. The highest BCUT2D eigenvalue weighted by atomic mass is 32.2. The summed E-state index contributed by atoms with van der Waals surface area (Å²) < 4.78 is 0. The van der Waals surface area contributed by atoms with Gasteiger partial charge in [0.15, 0.2) is 0 Å². The van der Waals surface area contributed by atoms with Crippen molar-refractivity contribution >= 4 is 23.4 Å². The molecule has 1 fully saturated rings. The van der Waals surface area contributed by atoms with E-state index in [9.17, 15) is 14.9 Å². The number of amides is 1. The van der Waals surface area contributed by atoms with E-state index in [-0.39, 0.29) is 16.5 Å². The zero-order chi connectivity index (χ0) is 16.2. The average Bonchev–Trinajstić information content (AvgIpc) is 3.07. The molecule has 6 heteroatoms. The Labute approximate surface area is 137 Å². The molecule has 0 N–H and O–H groups in total. The van der Waals surface area contributed by atoms with Crippen molar-refractivity contribution in [1.82, 2.24) is 4.90 Å². The van der Waals surface area contributed by atoms with Crippen molar-refractivity contribution in [3.05, 3.63) is 74.8 Å². The monoisotopic (exact) mass is 326 g/mol. The molecule has 1 atom stereocenters. The van der Waals surface area contributed by atoms with E-state index in [4.69, 9.17) is 0 Å². The van der Waals surface area contributed by atoms with Gasteiger partial charge in [0.1, 0.15) is 4.87 Å². The lowest BCUT2D eigenvalue weighted by molar-refractivity contribution is -0.386. The first-order chi connectivity index (χ1) is 11.1. The van der Waals surface area contributed by atoms with Crippen LogP contribution in [-0.2, 0) is 4.87 Å². The molecule has 0 radical (unpaired) electrons. The first kappa shape index (κ1) is 14.3. The standard InChI is InChI=1S/C17H14N2O3S/c1-11-6-7-15(19(21)22)14(10-11)17-13-5-3-2-4-12(13)16(20)18(17)8-9-23-17/h2-7,10H,8-9H2,1H3. The molecule has 1 unspecified atom stereocenters. The zero-order valence-corrected chi connectivity index (χ0v) is 13.3. The molecule has 23 heavy (non-hydrogen) atoms. The topological polar surface area (TPSA) is 63.5 Å². The lowest BCUT2D eigenvalue weighted by Gasteiger charge is -2.32. The number of aryl methyl sites for hydroxylation is 1. The van der Waals surface area contributed by atoms with E-state index < -0.39 is 4.87 Å². The molecule has 116 valence electrons. The highest BCUT2D eigenvalue weighted by Crippen LogP contribution is 2.57. The Bertz CT molecular complexity index is 851. The summed E-state index contributed by atoms with van der Waals surface area (Å²) >= 11 is 1.60. The third-order valence-electron chi connectivity index (χ3n) is 4.49. The number of hydrogen-bond donors (Lipinski definition) is 0. The number of fused-ring (bicyclic) bond motifs is 3. The first-order valence-corrected chi connectivity index (χ1v) is 8.35. The smallest absolute Gasteiger partial charge is 0.276 e. The van der Waals surface area contributed by atoms with Gasteiger partial charge in [-0.05, 0) is 19.1 Å². The molecule has 1 saturated heterocycles. The van der Waals surface area contributed by atoms with Crippen molar-refractivity contribution < 1.29 is 9.72 Å². The number of nitro benzene ring substituents is 1. The molecule has 2 aromatic rings. The summed E-state index contributed by atoms with van der Waals surface area (Å²) in [7, 11) is 0. The second-order valence-corrected chi connectivity index (χ2v) is 7.06. The SMILES string of the molecule is Cc1ccc([N+](=O)[O-])c(C23SCCN2C(=O)c2ccccc23)c1. The number of nitro groups is 1. The summed E-state index contributed by atoms with van der Waals surface area (Å²) in [5.74, 6) is 0.729. The molecule has 2 aliphatic heterocycles. The van der Waals surface area contributed by atoms with E-state index >= 15 is 0 Å². The molecule has 4 rings (SSSR count). The van der Waals surface area contributed by atoms with Crippen molar-refractivity contribution in [1.29, 1.82) is 0 Å². The summed E-state index contributed by atoms with van der Waals surface area (Å²) in [5, 5.41) is 11.6. The molecule has 5 nitrogen and oxygen atoms in total. The van der Waals surface area contributed by atoms with Crippen LogP contribution in [-0.4, -0.2) is 28.0 Å². The van der Waals surface area contributed by atoms with E-state index in [1.54, 1.807) is 34.9 Å². The number of nitrogens with zero attached hydrogens (tertiary/aromatic N) is 2. The van der Waals surface area contributed by atoms with Crippen LogP contribution in [0.1, 0.15) is 27.0 Å². The van der Waals surface area contributed by atoms with Crippen LogP contribution in [0.3, 0.4) is 0 Å². The Hall–Kier alpha value is -2.34. The second-order valence-electron chi connectivity index (χ2n) is 5.77. The third-order valence-corrected chi connectivity index (χ3v) is 5.95. The zero-order valence-electron chi connectivity index (χ0n) is 12.5. The average molecular weight is 326 g/mol. The van der Waals surface area contributed by atoms with Gasteiger partial charge >= 0.3 is 0 Å². The Morgan fingerprint density at radius 3 is 2.78 bits per heavy atom. The van der Waals surface area contributed by atoms with Gasteiger partial charge in [0.2, 0.25) is 0 Å². The predicted octanol–water partition coefficient (Wildman–Crippen LogP) is 3.31. The van der Waals surface area contributed by atoms with Gasteiger partial charge in [0.25, 0.3) is 11.6 Å². The van der Waals surface area contributed by atoms with Crippen LogP contribution in [0.2, 0.25) is 0 Å². The Balaban J connectivity index is 2.06. The van der Waals surface area contributed by atoms with Gasteiger partial charge in [-0.15, -0.1) is 11.8 Å². The Morgan fingerprint density at radius 1 is 1.22 bits per heavy atom. The maximum Gasteiger partial charge on any atom is 0.276 e. The summed E-state index contributed by atoms with van der Waals surface area (Å²) in [6, 6.07) is 12.6. The van der Waals surface area contributed by atoms with Gasteiger partial charge in [0, 0.05) is 29.5 Å². The van der Waals surface area contributed by atoms with Gasteiger partial charge in [-0.2, -0.15) is 0 Å². The van der Waals surface area contributed by atoms with E-state index in [1.165, 1.54) is 0 Å². The van der Waals surface area contributed by atoms with E-state index in [0.29, 0.717) is 17.7 Å². The summed E-state index contributed by atoms with van der Waals surface area (Å²) in [5.41, 5.74) is 3.13. The van der Waals surface area contributed by atoms with Crippen LogP contribution >= 0.6 is 11.8 Å². The maximum atomic E-state index is 12.8. The van der Waals surface area contributed by atoms with Crippen LogP contribution in [0.5, 0.6) is 0 Å². The van der Waals surface area contributed by atoms with Crippen LogP contribution in [0.25, 0.3) is 0 Å². The number of thioether (sulfide) groups is 1. The van der Waals surface area contributed by atoms with Gasteiger partial charge in [-0.3, -0.25) is 14.9 Å².